The fourth-order valence-corrected chi connectivity index (χ4v) is 3.64. The molecular formula is C22H29ClFNO3. The second-order valence-corrected chi connectivity index (χ2v) is 7.36. The molecule has 1 fully saturated rings. The van der Waals surface area contributed by atoms with Crippen molar-refractivity contribution in [1.29, 1.82) is 0 Å². The third kappa shape index (κ3) is 6.17. The zero-order chi connectivity index (χ0) is 19.2. The van der Waals surface area contributed by atoms with Crippen LogP contribution in [0.1, 0.15) is 30.1 Å². The van der Waals surface area contributed by atoms with Crippen molar-refractivity contribution in [2.24, 2.45) is 5.92 Å². The van der Waals surface area contributed by atoms with Crippen LogP contribution in [0.3, 0.4) is 0 Å². The van der Waals surface area contributed by atoms with E-state index < -0.39 is 12.2 Å². The molecule has 0 aromatic heterocycles. The van der Waals surface area contributed by atoms with Crippen molar-refractivity contribution in [2.45, 2.75) is 32.0 Å². The van der Waals surface area contributed by atoms with E-state index in [1.54, 1.807) is 12.1 Å². The van der Waals surface area contributed by atoms with E-state index in [1.807, 2.05) is 31.2 Å². The van der Waals surface area contributed by atoms with Crippen molar-refractivity contribution in [1.82, 2.24) is 4.90 Å². The molecule has 0 amide bonds. The Labute approximate surface area is 172 Å². The van der Waals surface area contributed by atoms with Crippen molar-refractivity contribution >= 4 is 12.4 Å². The van der Waals surface area contributed by atoms with Gasteiger partial charge in [0, 0.05) is 6.54 Å². The minimum Gasteiger partial charge on any atom is -0.491 e. The summed E-state index contributed by atoms with van der Waals surface area (Å²) < 4.78 is 18.8. The molecule has 154 valence electrons. The second-order valence-electron chi connectivity index (χ2n) is 7.36. The summed E-state index contributed by atoms with van der Waals surface area (Å²) in [5.74, 6) is 0.674. The van der Waals surface area contributed by atoms with Crippen LogP contribution in [0.5, 0.6) is 5.75 Å². The van der Waals surface area contributed by atoms with Gasteiger partial charge in [-0.1, -0.05) is 30.3 Å². The van der Waals surface area contributed by atoms with Crippen LogP contribution in [0.15, 0.2) is 48.5 Å². The number of aliphatic hydroxyl groups excluding tert-OH is 2. The SMILES string of the molecule is Cc1ccccc1OCC(O)CN1CCC(C(O)c2ccc(F)cc2)CC1.Cl. The first-order valence-electron chi connectivity index (χ1n) is 9.55. The number of likely N-dealkylation sites (tertiary alicyclic amines) is 1. The Balaban J connectivity index is 0.00000280. The van der Waals surface area contributed by atoms with Crippen molar-refractivity contribution in [2.75, 3.05) is 26.2 Å². The van der Waals surface area contributed by atoms with Gasteiger partial charge in [0.1, 0.15) is 24.3 Å². The first kappa shape index (κ1) is 22.6. The summed E-state index contributed by atoms with van der Waals surface area (Å²) in [6.45, 7) is 4.46. The summed E-state index contributed by atoms with van der Waals surface area (Å²) >= 11 is 0. The summed E-state index contributed by atoms with van der Waals surface area (Å²) in [5, 5.41) is 20.8. The zero-order valence-electron chi connectivity index (χ0n) is 16.1. The second kappa shape index (κ2) is 10.8. The number of β-amino-alcohol motifs (C(OH)–C–C–N with tert-alkyl or cyclic N) is 1. The van der Waals surface area contributed by atoms with Crippen LogP contribution < -0.4 is 4.74 Å². The smallest absolute Gasteiger partial charge is 0.123 e. The molecule has 1 heterocycles. The minimum atomic E-state index is -0.568. The van der Waals surface area contributed by atoms with Gasteiger partial charge in [-0.25, -0.2) is 4.39 Å². The number of piperidine rings is 1. The third-order valence-electron chi connectivity index (χ3n) is 5.28. The number of halogens is 2. The molecule has 4 nitrogen and oxygen atoms in total. The Bertz CT molecular complexity index is 720. The lowest BCUT2D eigenvalue weighted by Crippen LogP contribution is -2.41. The topological polar surface area (TPSA) is 52.9 Å². The van der Waals surface area contributed by atoms with E-state index >= 15 is 0 Å². The number of aryl methyl sites for hydroxylation is 1. The van der Waals surface area contributed by atoms with Gasteiger partial charge in [-0.3, -0.25) is 0 Å². The Kier molecular flexibility index (Phi) is 8.70. The standard InChI is InChI=1S/C22H28FNO3.ClH/c1-16-4-2-3-5-21(16)27-15-20(25)14-24-12-10-18(11-13-24)22(26)17-6-8-19(23)9-7-17;/h2-9,18,20,22,25-26H,10-15H2,1H3;1H. The lowest BCUT2D eigenvalue weighted by Gasteiger charge is -2.35. The molecule has 0 aliphatic carbocycles. The molecule has 2 aromatic carbocycles. The molecular weight excluding hydrogens is 381 g/mol. The van der Waals surface area contributed by atoms with Crippen molar-refractivity contribution in [3.05, 3.63) is 65.5 Å². The molecule has 28 heavy (non-hydrogen) atoms. The van der Waals surface area contributed by atoms with E-state index in [-0.39, 0.29) is 30.7 Å². The van der Waals surface area contributed by atoms with Gasteiger partial charge in [0.15, 0.2) is 0 Å². The predicted octanol–water partition coefficient (Wildman–Crippen LogP) is 3.74. The van der Waals surface area contributed by atoms with Crippen LogP contribution >= 0.6 is 12.4 Å². The van der Waals surface area contributed by atoms with Gasteiger partial charge in [-0.15, -0.1) is 12.4 Å². The number of hydrogen-bond acceptors (Lipinski definition) is 4. The number of nitrogens with zero attached hydrogens (tertiary/aromatic N) is 1. The first-order valence-corrected chi connectivity index (χ1v) is 9.55. The molecule has 2 unspecified atom stereocenters. The molecule has 0 bridgehead atoms. The molecule has 0 saturated carbocycles. The number of aliphatic hydroxyl groups is 2. The predicted molar refractivity (Wildman–Crippen MR) is 110 cm³/mol. The lowest BCUT2D eigenvalue weighted by atomic mass is 9.87. The Hall–Kier alpha value is -1.66. The molecule has 0 radical (unpaired) electrons. The maximum absolute atomic E-state index is 13.0. The minimum absolute atomic E-state index is 0. The molecule has 6 heteroatoms. The highest BCUT2D eigenvalue weighted by Gasteiger charge is 2.27. The molecule has 1 saturated heterocycles. The molecule has 0 spiro atoms. The van der Waals surface area contributed by atoms with Crippen LogP contribution in [-0.2, 0) is 0 Å². The van der Waals surface area contributed by atoms with Crippen molar-refractivity contribution in [3.63, 3.8) is 0 Å². The first-order chi connectivity index (χ1) is 13.0. The Morgan fingerprint density at radius 2 is 1.71 bits per heavy atom. The quantitative estimate of drug-likeness (QED) is 0.731. The average molecular weight is 410 g/mol. The maximum Gasteiger partial charge on any atom is 0.123 e. The van der Waals surface area contributed by atoms with Crippen LogP contribution in [0.25, 0.3) is 0 Å². The number of benzene rings is 2. The van der Waals surface area contributed by atoms with E-state index in [0.717, 1.165) is 42.8 Å². The van der Waals surface area contributed by atoms with E-state index in [1.165, 1.54) is 12.1 Å². The van der Waals surface area contributed by atoms with E-state index in [9.17, 15) is 14.6 Å². The summed E-state index contributed by atoms with van der Waals surface area (Å²) in [6.07, 6.45) is 0.582. The largest absolute Gasteiger partial charge is 0.491 e. The van der Waals surface area contributed by atoms with Gasteiger partial charge >= 0.3 is 0 Å². The lowest BCUT2D eigenvalue weighted by molar-refractivity contribution is 0.0277. The summed E-state index contributed by atoms with van der Waals surface area (Å²) in [6, 6.07) is 13.9. The molecule has 3 rings (SSSR count). The van der Waals surface area contributed by atoms with Gasteiger partial charge in [0.25, 0.3) is 0 Å². The van der Waals surface area contributed by atoms with Crippen LogP contribution in [0.4, 0.5) is 4.39 Å². The fraction of sp³-hybridized carbons (Fsp3) is 0.455. The zero-order valence-corrected chi connectivity index (χ0v) is 16.9. The number of rotatable bonds is 7. The van der Waals surface area contributed by atoms with E-state index in [0.29, 0.717) is 6.54 Å². The molecule has 1 aliphatic rings. The van der Waals surface area contributed by atoms with E-state index in [2.05, 4.69) is 4.90 Å². The summed E-state index contributed by atoms with van der Waals surface area (Å²) in [5.41, 5.74) is 1.82. The van der Waals surface area contributed by atoms with Gasteiger partial charge < -0.3 is 19.8 Å². The van der Waals surface area contributed by atoms with Gasteiger partial charge in [-0.05, 0) is 68.1 Å². The molecule has 2 aromatic rings. The normalized spacial score (nSPS) is 17.6. The maximum atomic E-state index is 13.0. The highest BCUT2D eigenvalue weighted by atomic mass is 35.5. The summed E-state index contributed by atoms with van der Waals surface area (Å²) in [4.78, 5) is 2.21. The van der Waals surface area contributed by atoms with E-state index in [4.69, 9.17) is 4.74 Å². The monoisotopic (exact) mass is 409 g/mol. The number of hydrogen-bond donors (Lipinski definition) is 2. The fourth-order valence-electron chi connectivity index (χ4n) is 3.64. The highest BCUT2D eigenvalue weighted by molar-refractivity contribution is 5.85. The number of para-hydroxylation sites is 1. The molecule has 2 N–H and O–H groups in total. The molecule has 2 atom stereocenters. The third-order valence-corrected chi connectivity index (χ3v) is 5.28. The van der Waals surface area contributed by atoms with Gasteiger partial charge in [-0.2, -0.15) is 0 Å². The average Bonchev–Trinajstić information content (AvgIpc) is 2.68. The van der Waals surface area contributed by atoms with Crippen molar-refractivity contribution < 1.29 is 19.3 Å². The van der Waals surface area contributed by atoms with Crippen LogP contribution in [0, 0.1) is 18.7 Å². The Morgan fingerprint density at radius 1 is 1.07 bits per heavy atom. The van der Waals surface area contributed by atoms with Crippen molar-refractivity contribution in [3.8, 4) is 5.75 Å². The summed E-state index contributed by atoms with van der Waals surface area (Å²) in [7, 11) is 0. The van der Waals surface area contributed by atoms with Crippen LogP contribution in [-0.4, -0.2) is 47.5 Å². The van der Waals surface area contributed by atoms with Gasteiger partial charge in [0.2, 0.25) is 0 Å². The highest BCUT2D eigenvalue weighted by Crippen LogP contribution is 2.30. The molecule has 1 aliphatic heterocycles. The Morgan fingerprint density at radius 3 is 2.36 bits per heavy atom. The number of ether oxygens (including phenoxy) is 1. The van der Waals surface area contributed by atoms with Gasteiger partial charge in [0.05, 0.1) is 6.10 Å². The van der Waals surface area contributed by atoms with Crippen LogP contribution in [0.2, 0.25) is 0 Å².